The van der Waals surface area contributed by atoms with Crippen molar-refractivity contribution in [2.45, 2.75) is 51.7 Å². The first kappa shape index (κ1) is 25.5. The van der Waals surface area contributed by atoms with Crippen LogP contribution in [0.3, 0.4) is 0 Å². The van der Waals surface area contributed by atoms with E-state index in [0.717, 1.165) is 0 Å². The van der Waals surface area contributed by atoms with Crippen molar-refractivity contribution in [3.05, 3.63) is 58.5 Å². The third kappa shape index (κ3) is 5.29. The second kappa shape index (κ2) is 9.44. The Labute approximate surface area is 205 Å². The Morgan fingerprint density at radius 2 is 1.75 bits per heavy atom. The number of aromatic nitrogens is 2. The third-order valence-electron chi connectivity index (χ3n) is 5.87. The first-order chi connectivity index (χ1) is 16.9. The fraction of sp³-hybridized carbons (Fsp3) is 0.440. The number of carbonyl (C=O) groups is 1. The maximum atomic E-state index is 13.7. The van der Waals surface area contributed by atoms with E-state index in [9.17, 15) is 22.8 Å². The zero-order chi connectivity index (χ0) is 26.3. The van der Waals surface area contributed by atoms with Gasteiger partial charge in [0.2, 0.25) is 0 Å². The number of methoxy groups -OCH3 is 1. The highest BCUT2D eigenvalue weighted by Crippen LogP contribution is 2.32. The highest BCUT2D eigenvalue weighted by Gasteiger charge is 2.34. The van der Waals surface area contributed by atoms with E-state index in [4.69, 9.17) is 9.47 Å². The number of halogens is 3. The summed E-state index contributed by atoms with van der Waals surface area (Å²) in [5, 5.41) is 0. The van der Waals surface area contributed by atoms with E-state index in [1.54, 1.807) is 54.5 Å². The molecule has 0 radical (unpaired) electrons. The summed E-state index contributed by atoms with van der Waals surface area (Å²) < 4.78 is 57.0. The summed E-state index contributed by atoms with van der Waals surface area (Å²) in [7, 11) is 1.46. The number of benzene rings is 2. The Bertz CT molecular complexity index is 1320. The SMILES string of the molecule is COc1cccc2c1n(Cc1ccccc1OC(F)(F)F)c(=O)n2C1CCN(C(=O)OC(C)(C)C)C1. The van der Waals surface area contributed by atoms with Crippen LogP contribution in [0.2, 0.25) is 0 Å². The van der Waals surface area contributed by atoms with Crippen LogP contribution >= 0.6 is 0 Å². The van der Waals surface area contributed by atoms with Crippen molar-refractivity contribution in [1.29, 1.82) is 0 Å². The van der Waals surface area contributed by atoms with Gasteiger partial charge in [0.25, 0.3) is 0 Å². The Kier molecular flexibility index (Phi) is 6.68. The molecule has 4 rings (SSSR count). The molecule has 1 aromatic heterocycles. The van der Waals surface area contributed by atoms with E-state index in [1.165, 1.54) is 29.9 Å². The number of hydrogen-bond acceptors (Lipinski definition) is 5. The second-order valence-corrected chi connectivity index (χ2v) is 9.59. The zero-order valence-electron chi connectivity index (χ0n) is 20.5. The maximum absolute atomic E-state index is 13.7. The second-order valence-electron chi connectivity index (χ2n) is 9.59. The number of likely N-dealkylation sites (tertiary alicyclic amines) is 1. The van der Waals surface area contributed by atoms with Crippen LogP contribution in [-0.4, -0.2) is 52.3 Å². The van der Waals surface area contributed by atoms with Crippen LogP contribution in [0.25, 0.3) is 11.0 Å². The molecule has 1 atom stereocenters. The van der Waals surface area contributed by atoms with Crippen LogP contribution < -0.4 is 15.2 Å². The third-order valence-corrected chi connectivity index (χ3v) is 5.87. The predicted molar refractivity (Wildman–Crippen MR) is 126 cm³/mol. The number of imidazole rings is 1. The number of nitrogens with zero attached hydrogens (tertiary/aromatic N) is 3. The fourth-order valence-electron chi connectivity index (χ4n) is 4.44. The van der Waals surface area contributed by atoms with Gasteiger partial charge in [0.1, 0.15) is 22.6 Å². The number of hydrogen-bond donors (Lipinski definition) is 0. The van der Waals surface area contributed by atoms with E-state index in [0.29, 0.717) is 29.7 Å². The van der Waals surface area contributed by atoms with Crippen LogP contribution in [0.15, 0.2) is 47.3 Å². The number of carbonyl (C=O) groups excluding carboxylic acids is 1. The van der Waals surface area contributed by atoms with Gasteiger partial charge in [0.05, 0.1) is 25.2 Å². The largest absolute Gasteiger partial charge is 0.573 e. The molecule has 0 N–H and O–H groups in total. The van der Waals surface area contributed by atoms with Gasteiger partial charge in [0.15, 0.2) is 0 Å². The number of amides is 1. The van der Waals surface area contributed by atoms with E-state index >= 15 is 0 Å². The van der Waals surface area contributed by atoms with Crippen LogP contribution in [0.5, 0.6) is 11.5 Å². The molecule has 1 unspecified atom stereocenters. The molecule has 2 heterocycles. The minimum Gasteiger partial charge on any atom is -0.494 e. The molecule has 0 bridgehead atoms. The molecule has 3 aromatic rings. The minimum absolute atomic E-state index is 0.169. The van der Waals surface area contributed by atoms with Crippen LogP contribution in [0.1, 0.15) is 38.8 Å². The van der Waals surface area contributed by atoms with E-state index < -0.39 is 23.7 Å². The molecule has 1 amide bonds. The average Bonchev–Trinajstić information content (AvgIpc) is 3.36. The number of ether oxygens (including phenoxy) is 3. The van der Waals surface area contributed by atoms with Gasteiger partial charge >= 0.3 is 18.1 Å². The van der Waals surface area contributed by atoms with Crippen molar-refractivity contribution >= 4 is 17.1 Å². The lowest BCUT2D eigenvalue weighted by Gasteiger charge is -2.24. The Morgan fingerprint density at radius 3 is 2.42 bits per heavy atom. The van der Waals surface area contributed by atoms with Gasteiger partial charge in [-0.3, -0.25) is 9.13 Å². The smallest absolute Gasteiger partial charge is 0.494 e. The number of para-hydroxylation sites is 2. The molecule has 0 spiro atoms. The molecule has 1 saturated heterocycles. The van der Waals surface area contributed by atoms with Gasteiger partial charge in [-0.15, -0.1) is 13.2 Å². The molecule has 2 aromatic carbocycles. The number of rotatable bonds is 5. The van der Waals surface area contributed by atoms with Crippen molar-refractivity contribution in [3.8, 4) is 11.5 Å². The number of fused-ring (bicyclic) bond motifs is 1. The van der Waals surface area contributed by atoms with Crippen molar-refractivity contribution < 1.29 is 32.2 Å². The molecule has 0 saturated carbocycles. The van der Waals surface area contributed by atoms with Gasteiger partial charge < -0.3 is 19.1 Å². The van der Waals surface area contributed by atoms with Crippen LogP contribution in [0.4, 0.5) is 18.0 Å². The van der Waals surface area contributed by atoms with Gasteiger partial charge in [0, 0.05) is 18.7 Å². The fourth-order valence-corrected chi connectivity index (χ4v) is 4.44. The van der Waals surface area contributed by atoms with Crippen molar-refractivity contribution in [1.82, 2.24) is 14.0 Å². The van der Waals surface area contributed by atoms with E-state index in [-0.39, 0.29) is 30.4 Å². The zero-order valence-corrected chi connectivity index (χ0v) is 20.5. The average molecular weight is 508 g/mol. The quantitative estimate of drug-likeness (QED) is 0.489. The summed E-state index contributed by atoms with van der Waals surface area (Å²) in [6.07, 6.45) is -4.82. The first-order valence-electron chi connectivity index (χ1n) is 11.5. The molecular formula is C25H28F3N3O5. The van der Waals surface area contributed by atoms with E-state index in [1.807, 2.05) is 0 Å². The first-order valence-corrected chi connectivity index (χ1v) is 11.5. The van der Waals surface area contributed by atoms with Gasteiger partial charge in [-0.25, -0.2) is 9.59 Å². The topological polar surface area (TPSA) is 74.9 Å². The van der Waals surface area contributed by atoms with E-state index in [2.05, 4.69) is 4.74 Å². The highest BCUT2D eigenvalue weighted by molar-refractivity contribution is 5.83. The Balaban J connectivity index is 1.75. The molecular weight excluding hydrogens is 479 g/mol. The van der Waals surface area contributed by atoms with Crippen LogP contribution in [-0.2, 0) is 11.3 Å². The summed E-state index contributed by atoms with van der Waals surface area (Å²) in [4.78, 5) is 27.8. The predicted octanol–water partition coefficient (Wildman–Crippen LogP) is 4.94. The lowest BCUT2D eigenvalue weighted by molar-refractivity contribution is -0.274. The van der Waals surface area contributed by atoms with Gasteiger partial charge in [-0.05, 0) is 45.4 Å². The van der Waals surface area contributed by atoms with Crippen molar-refractivity contribution in [2.75, 3.05) is 20.2 Å². The van der Waals surface area contributed by atoms with Gasteiger partial charge in [-0.1, -0.05) is 24.3 Å². The molecule has 11 heteroatoms. The monoisotopic (exact) mass is 507 g/mol. The number of alkyl halides is 3. The summed E-state index contributed by atoms with van der Waals surface area (Å²) in [5.74, 6) is 0.0178. The van der Waals surface area contributed by atoms with Gasteiger partial charge in [-0.2, -0.15) is 0 Å². The summed E-state index contributed by atoms with van der Waals surface area (Å²) >= 11 is 0. The van der Waals surface area contributed by atoms with Crippen molar-refractivity contribution in [3.63, 3.8) is 0 Å². The summed E-state index contributed by atoms with van der Waals surface area (Å²) in [6.45, 7) is 5.84. The molecule has 1 aliphatic rings. The normalized spacial score (nSPS) is 16.4. The molecule has 194 valence electrons. The summed E-state index contributed by atoms with van der Waals surface area (Å²) in [6, 6.07) is 10.5. The minimum atomic E-state index is -4.87. The lowest BCUT2D eigenvalue weighted by atomic mass is 10.2. The Hall–Kier alpha value is -3.63. The van der Waals surface area contributed by atoms with Crippen LogP contribution in [0, 0.1) is 0 Å². The standard InChI is InChI=1S/C25H28F3N3O5/c1-24(2,3)36-23(33)29-13-12-17(15-29)31-18-9-7-11-20(34-4)21(18)30(22(31)32)14-16-8-5-6-10-19(16)35-25(26,27)28/h5-11,17H,12-15H2,1-4H3. The highest BCUT2D eigenvalue weighted by atomic mass is 19.4. The Morgan fingerprint density at radius 1 is 1.06 bits per heavy atom. The van der Waals surface area contributed by atoms with Crippen molar-refractivity contribution in [2.24, 2.45) is 0 Å². The molecule has 0 aliphatic carbocycles. The molecule has 1 aliphatic heterocycles. The molecule has 8 nitrogen and oxygen atoms in total. The molecule has 36 heavy (non-hydrogen) atoms. The lowest BCUT2D eigenvalue weighted by Crippen LogP contribution is -2.36. The molecule has 1 fully saturated rings. The summed E-state index contributed by atoms with van der Waals surface area (Å²) in [5.41, 5.74) is 0.115. The maximum Gasteiger partial charge on any atom is 0.573 e.